The lowest BCUT2D eigenvalue weighted by atomic mass is 10.00. The summed E-state index contributed by atoms with van der Waals surface area (Å²) >= 11 is 0. The second-order valence-electron chi connectivity index (χ2n) is 4.46. The molecule has 0 amide bonds. The monoisotopic (exact) mass is 227 g/mol. The Kier molecular flexibility index (Phi) is 3.20. The summed E-state index contributed by atoms with van der Waals surface area (Å²) < 4.78 is 0. The summed E-state index contributed by atoms with van der Waals surface area (Å²) in [7, 11) is 0. The van der Waals surface area contributed by atoms with E-state index in [1.807, 2.05) is 45.3 Å². The van der Waals surface area contributed by atoms with Crippen LogP contribution in [-0.4, -0.2) is 9.97 Å². The maximum Gasteiger partial charge on any atom is 0.0568 e. The zero-order valence-corrected chi connectivity index (χ0v) is 10.4. The summed E-state index contributed by atoms with van der Waals surface area (Å²) in [5, 5.41) is 0. The van der Waals surface area contributed by atoms with E-state index in [0.717, 1.165) is 28.1 Å². The average molecular weight is 227 g/mol. The van der Waals surface area contributed by atoms with Crippen LogP contribution < -0.4 is 5.73 Å². The molecule has 3 nitrogen and oxygen atoms in total. The molecule has 0 aliphatic carbocycles. The van der Waals surface area contributed by atoms with Crippen molar-refractivity contribution in [1.82, 2.24) is 9.97 Å². The Morgan fingerprint density at radius 1 is 0.941 bits per heavy atom. The van der Waals surface area contributed by atoms with Crippen molar-refractivity contribution in [2.75, 3.05) is 0 Å². The van der Waals surface area contributed by atoms with Gasteiger partial charge < -0.3 is 5.73 Å². The molecule has 1 atom stereocenters. The van der Waals surface area contributed by atoms with Gasteiger partial charge in [0.2, 0.25) is 0 Å². The van der Waals surface area contributed by atoms with E-state index in [0.29, 0.717) is 0 Å². The van der Waals surface area contributed by atoms with Gasteiger partial charge in [-0.05, 0) is 49.6 Å². The number of hydrogen-bond acceptors (Lipinski definition) is 3. The van der Waals surface area contributed by atoms with Crippen molar-refractivity contribution < 1.29 is 0 Å². The summed E-state index contributed by atoms with van der Waals surface area (Å²) in [5.41, 5.74) is 11.5. The number of hydrogen-bond donors (Lipinski definition) is 1. The van der Waals surface area contributed by atoms with E-state index < -0.39 is 0 Å². The standard InChI is InChI=1S/C14H17N3/c1-9-4-13(8-16-7-9)14(15)12-5-10(2)17-11(3)6-12/h4-8,14H,15H2,1-3H3. The molecule has 0 bridgehead atoms. The summed E-state index contributed by atoms with van der Waals surface area (Å²) in [6, 6.07) is 5.99. The van der Waals surface area contributed by atoms with Crippen LogP contribution in [0.3, 0.4) is 0 Å². The average Bonchev–Trinajstić information content (AvgIpc) is 2.26. The fraction of sp³-hybridized carbons (Fsp3) is 0.286. The Hall–Kier alpha value is -1.74. The van der Waals surface area contributed by atoms with Gasteiger partial charge in [-0.25, -0.2) is 0 Å². The highest BCUT2D eigenvalue weighted by molar-refractivity contribution is 5.32. The lowest BCUT2D eigenvalue weighted by Crippen LogP contribution is -2.13. The normalized spacial score (nSPS) is 12.5. The van der Waals surface area contributed by atoms with Crippen LogP contribution in [0.5, 0.6) is 0 Å². The fourth-order valence-corrected chi connectivity index (χ4v) is 1.99. The zero-order chi connectivity index (χ0) is 12.4. The molecule has 0 fully saturated rings. The van der Waals surface area contributed by atoms with Crippen molar-refractivity contribution in [3.63, 3.8) is 0 Å². The van der Waals surface area contributed by atoms with Crippen LogP contribution in [0.4, 0.5) is 0 Å². The minimum atomic E-state index is -0.136. The molecule has 0 aromatic carbocycles. The topological polar surface area (TPSA) is 51.8 Å². The maximum absolute atomic E-state index is 6.26. The Morgan fingerprint density at radius 3 is 2.18 bits per heavy atom. The number of rotatable bonds is 2. The Morgan fingerprint density at radius 2 is 1.59 bits per heavy atom. The molecule has 2 rings (SSSR count). The van der Waals surface area contributed by atoms with E-state index in [9.17, 15) is 0 Å². The maximum atomic E-state index is 6.26. The second kappa shape index (κ2) is 4.63. The van der Waals surface area contributed by atoms with Gasteiger partial charge in [-0.15, -0.1) is 0 Å². The summed E-state index contributed by atoms with van der Waals surface area (Å²) in [6.45, 7) is 5.99. The van der Waals surface area contributed by atoms with Crippen molar-refractivity contribution in [3.05, 3.63) is 58.7 Å². The molecule has 0 radical (unpaired) electrons. The van der Waals surface area contributed by atoms with Crippen LogP contribution in [0.2, 0.25) is 0 Å². The number of pyridine rings is 2. The predicted octanol–water partition coefficient (Wildman–Crippen LogP) is 2.45. The SMILES string of the molecule is Cc1cncc(C(N)c2cc(C)nc(C)c2)c1. The van der Waals surface area contributed by atoms with Crippen molar-refractivity contribution in [2.45, 2.75) is 26.8 Å². The van der Waals surface area contributed by atoms with Crippen molar-refractivity contribution >= 4 is 0 Å². The lowest BCUT2D eigenvalue weighted by Gasteiger charge is -2.14. The van der Waals surface area contributed by atoms with Crippen LogP contribution in [-0.2, 0) is 0 Å². The van der Waals surface area contributed by atoms with E-state index in [1.54, 1.807) is 0 Å². The third-order valence-electron chi connectivity index (χ3n) is 2.72. The second-order valence-corrected chi connectivity index (χ2v) is 4.46. The smallest absolute Gasteiger partial charge is 0.0568 e. The van der Waals surface area contributed by atoms with E-state index in [-0.39, 0.29) is 6.04 Å². The van der Waals surface area contributed by atoms with E-state index in [1.165, 1.54) is 0 Å². The first kappa shape index (κ1) is 11.7. The Bertz CT molecular complexity index is 514. The molecule has 0 saturated heterocycles. The molecule has 2 aromatic heterocycles. The molecule has 0 spiro atoms. The first-order valence-electron chi connectivity index (χ1n) is 5.68. The third-order valence-corrected chi connectivity index (χ3v) is 2.72. The van der Waals surface area contributed by atoms with Gasteiger partial charge in [0.25, 0.3) is 0 Å². The number of aromatic nitrogens is 2. The molecular weight excluding hydrogens is 210 g/mol. The van der Waals surface area contributed by atoms with Crippen molar-refractivity contribution in [2.24, 2.45) is 5.73 Å². The van der Waals surface area contributed by atoms with Gasteiger partial charge in [0.15, 0.2) is 0 Å². The molecule has 2 N–H and O–H groups in total. The molecule has 2 aromatic rings. The van der Waals surface area contributed by atoms with Gasteiger partial charge in [0.1, 0.15) is 0 Å². The summed E-state index contributed by atoms with van der Waals surface area (Å²) in [6.07, 6.45) is 3.65. The zero-order valence-electron chi connectivity index (χ0n) is 10.4. The predicted molar refractivity (Wildman–Crippen MR) is 68.7 cm³/mol. The van der Waals surface area contributed by atoms with Crippen LogP contribution in [0.25, 0.3) is 0 Å². The van der Waals surface area contributed by atoms with Gasteiger partial charge in [0, 0.05) is 23.8 Å². The number of nitrogens with zero attached hydrogens (tertiary/aromatic N) is 2. The Balaban J connectivity index is 2.39. The fourth-order valence-electron chi connectivity index (χ4n) is 1.99. The van der Waals surface area contributed by atoms with Gasteiger partial charge >= 0.3 is 0 Å². The highest BCUT2D eigenvalue weighted by atomic mass is 14.7. The minimum Gasteiger partial charge on any atom is -0.320 e. The quantitative estimate of drug-likeness (QED) is 0.857. The number of aryl methyl sites for hydroxylation is 3. The van der Waals surface area contributed by atoms with Gasteiger partial charge in [-0.3, -0.25) is 9.97 Å². The highest BCUT2D eigenvalue weighted by Gasteiger charge is 2.10. The first-order chi connectivity index (χ1) is 8.06. The molecule has 1 unspecified atom stereocenters. The van der Waals surface area contributed by atoms with E-state index in [4.69, 9.17) is 5.73 Å². The van der Waals surface area contributed by atoms with Gasteiger partial charge in [-0.1, -0.05) is 6.07 Å². The molecule has 0 aliphatic heterocycles. The molecule has 0 aliphatic rings. The summed E-state index contributed by atoms with van der Waals surface area (Å²) in [5.74, 6) is 0. The summed E-state index contributed by atoms with van der Waals surface area (Å²) in [4.78, 5) is 8.54. The molecule has 3 heteroatoms. The molecule has 17 heavy (non-hydrogen) atoms. The molecule has 2 heterocycles. The highest BCUT2D eigenvalue weighted by Crippen LogP contribution is 2.20. The molecule has 0 saturated carbocycles. The first-order valence-corrected chi connectivity index (χ1v) is 5.68. The largest absolute Gasteiger partial charge is 0.320 e. The van der Waals surface area contributed by atoms with Crippen LogP contribution in [0.1, 0.15) is 34.1 Å². The van der Waals surface area contributed by atoms with Gasteiger partial charge in [-0.2, -0.15) is 0 Å². The van der Waals surface area contributed by atoms with Crippen molar-refractivity contribution in [1.29, 1.82) is 0 Å². The van der Waals surface area contributed by atoms with E-state index >= 15 is 0 Å². The minimum absolute atomic E-state index is 0.136. The Labute approximate surface area is 102 Å². The van der Waals surface area contributed by atoms with Crippen molar-refractivity contribution in [3.8, 4) is 0 Å². The lowest BCUT2D eigenvalue weighted by molar-refractivity contribution is 0.850. The van der Waals surface area contributed by atoms with Crippen LogP contribution in [0.15, 0.2) is 30.6 Å². The van der Waals surface area contributed by atoms with Crippen LogP contribution in [0, 0.1) is 20.8 Å². The van der Waals surface area contributed by atoms with Gasteiger partial charge in [0.05, 0.1) is 6.04 Å². The van der Waals surface area contributed by atoms with E-state index in [2.05, 4.69) is 16.0 Å². The third kappa shape index (κ3) is 2.68. The molecule has 88 valence electrons. The van der Waals surface area contributed by atoms with Crippen LogP contribution >= 0.6 is 0 Å². The number of nitrogens with two attached hydrogens (primary N) is 1. The molecular formula is C14H17N3.